The van der Waals surface area contributed by atoms with E-state index in [4.69, 9.17) is 9.47 Å². The molecule has 0 radical (unpaired) electrons. The molecule has 1 aliphatic rings. The molecule has 0 aromatic heterocycles. The number of carbonyl (C=O) groups excluding carboxylic acids is 2. The molecule has 1 aromatic rings. The molecule has 0 aliphatic carbocycles. The van der Waals surface area contributed by atoms with Gasteiger partial charge in [0.05, 0.1) is 13.7 Å². The number of nitrogens with one attached hydrogen (secondary N) is 1. The Morgan fingerprint density at radius 3 is 2.78 bits per heavy atom. The van der Waals surface area contributed by atoms with Gasteiger partial charge in [-0.1, -0.05) is 20.3 Å². The summed E-state index contributed by atoms with van der Waals surface area (Å²) in [7, 11) is 1.57. The largest absolute Gasteiger partial charge is 0.493 e. The summed E-state index contributed by atoms with van der Waals surface area (Å²) in [6.07, 6.45) is 4.59. The number of hydrogen-bond donors (Lipinski definition) is 1. The molecule has 1 fully saturated rings. The summed E-state index contributed by atoms with van der Waals surface area (Å²) >= 11 is 0. The molecule has 0 unspecified atom stereocenters. The summed E-state index contributed by atoms with van der Waals surface area (Å²) in [5.41, 5.74) is 0.537. The van der Waals surface area contributed by atoms with Gasteiger partial charge in [0.25, 0.3) is 5.91 Å². The molecule has 2 rings (SSSR count). The van der Waals surface area contributed by atoms with Crippen LogP contribution in [0.4, 0.5) is 0 Å². The average molecular weight is 376 g/mol. The molecule has 2 amide bonds. The molecule has 1 aliphatic heterocycles. The summed E-state index contributed by atoms with van der Waals surface area (Å²) in [4.78, 5) is 26.3. The molecule has 0 atom stereocenters. The van der Waals surface area contributed by atoms with Gasteiger partial charge in [-0.2, -0.15) is 0 Å². The Morgan fingerprint density at radius 1 is 1.22 bits per heavy atom. The molecule has 0 spiro atoms. The van der Waals surface area contributed by atoms with Crippen LogP contribution in [0.5, 0.6) is 11.5 Å². The molecular formula is C21H32N2O4. The molecule has 1 N–H and O–H groups in total. The van der Waals surface area contributed by atoms with Crippen molar-refractivity contribution < 1.29 is 19.1 Å². The highest BCUT2D eigenvalue weighted by molar-refractivity contribution is 5.94. The summed E-state index contributed by atoms with van der Waals surface area (Å²) in [6, 6.07) is 5.21. The van der Waals surface area contributed by atoms with E-state index in [2.05, 4.69) is 19.2 Å². The number of methoxy groups -OCH3 is 1. The van der Waals surface area contributed by atoms with Gasteiger partial charge in [-0.15, -0.1) is 0 Å². The van der Waals surface area contributed by atoms with Crippen molar-refractivity contribution in [2.75, 3.05) is 33.4 Å². The maximum atomic E-state index is 12.4. The van der Waals surface area contributed by atoms with E-state index in [0.29, 0.717) is 49.1 Å². The van der Waals surface area contributed by atoms with Crippen LogP contribution in [-0.2, 0) is 4.79 Å². The van der Waals surface area contributed by atoms with Crippen LogP contribution in [0.1, 0.15) is 56.3 Å². The van der Waals surface area contributed by atoms with E-state index in [9.17, 15) is 9.59 Å². The van der Waals surface area contributed by atoms with E-state index in [0.717, 1.165) is 32.2 Å². The van der Waals surface area contributed by atoms with Gasteiger partial charge < -0.3 is 19.7 Å². The van der Waals surface area contributed by atoms with Crippen LogP contribution in [0.2, 0.25) is 0 Å². The normalized spacial score (nSPS) is 14.8. The summed E-state index contributed by atoms with van der Waals surface area (Å²) in [5, 5.41) is 2.92. The minimum atomic E-state index is -0.147. The molecule has 0 bridgehead atoms. The number of hydrogen-bond acceptors (Lipinski definition) is 4. The highest BCUT2D eigenvalue weighted by Crippen LogP contribution is 2.28. The first-order chi connectivity index (χ1) is 13.0. The Labute approximate surface area is 162 Å². The van der Waals surface area contributed by atoms with Crippen molar-refractivity contribution in [3.05, 3.63) is 23.8 Å². The summed E-state index contributed by atoms with van der Waals surface area (Å²) in [6.45, 7) is 6.82. The maximum absolute atomic E-state index is 12.4. The number of nitrogens with zero attached hydrogens (tertiary/aromatic N) is 1. The minimum Gasteiger partial charge on any atom is -0.493 e. The topological polar surface area (TPSA) is 67.9 Å². The van der Waals surface area contributed by atoms with Crippen molar-refractivity contribution in [1.82, 2.24) is 10.2 Å². The van der Waals surface area contributed by atoms with Crippen molar-refractivity contribution in [2.24, 2.45) is 5.92 Å². The second-order valence-corrected chi connectivity index (χ2v) is 7.37. The Morgan fingerprint density at radius 2 is 2.04 bits per heavy atom. The average Bonchev–Trinajstić information content (AvgIpc) is 2.87. The molecule has 1 saturated heterocycles. The number of likely N-dealkylation sites (tertiary alicyclic amines) is 1. The summed E-state index contributed by atoms with van der Waals surface area (Å²) in [5.74, 6) is 1.70. The lowest BCUT2D eigenvalue weighted by atomic mass is 10.2. The summed E-state index contributed by atoms with van der Waals surface area (Å²) < 4.78 is 11.1. The van der Waals surface area contributed by atoms with Crippen LogP contribution >= 0.6 is 0 Å². The first kappa shape index (κ1) is 21.1. The second-order valence-electron chi connectivity index (χ2n) is 7.37. The Balaban J connectivity index is 1.81. The lowest BCUT2D eigenvalue weighted by Gasteiger charge is -2.20. The fourth-order valence-corrected chi connectivity index (χ4v) is 3.03. The van der Waals surface area contributed by atoms with E-state index >= 15 is 0 Å². The molecule has 27 heavy (non-hydrogen) atoms. The van der Waals surface area contributed by atoms with Gasteiger partial charge in [0.1, 0.15) is 0 Å². The fourth-order valence-electron chi connectivity index (χ4n) is 3.03. The first-order valence-corrected chi connectivity index (χ1v) is 9.88. The number of benzene rings is 1. The van der Waals surface area contributed by atoms with Crippen molar-refractivity contribution in [1.29, 1.82) is 0 Å². The molecule has 0 saturated carbocycles. The number of carbonyl (C=O) groups is 2. The monoisotopic (exact) mass is 376 g/mol. The van der Waals surface area contributed by atoms with E-state index < -0.39 is 0 Å². The molecule has 1 heterocycles. The molecule has 6 nitrogen and oxygen atoms in total. The van der Waals surface area contributed by atoms with Crippen LogP contribution in [-0.4, -0.2) is 50.1 Å². The first-order valence-electron chi connectivity index (χ1n) is 9.88. The van der Waals surface area contributed by atoms with Gasteiger partial charge in [-0.25, -0.2) is 0 Å². The Bertz CT molecular complexity index is 631. The SMILES string of the molecule is COc1cc(C(=O)NCCCN2CCCCCC2=O)ccc1OCC(C)C. The van der Waals surface area contributed by atoms with Crippen molar-refractivity contribution in [3.8, 4) is 11.5 Å². The predicted molar refractivity (Wildman–Crippen MR) is 105 cm³/mol. The van der Waals surface area contributed by atoms with Crippen molar-refractivity contribution in [2.45, 2.75) is 46.0 Å². The third-order valence-electron chi connectivity index (χ3n) is 4.56. The third kappa shape index (κ3) is 6.77. The Kier molecular flexibility index (Phi) is 8.43. The van der Waals surface area contributed by atoms with E-state index in [-0.39, 0.29) is 11.8 Å². The van der Waals surface area contributed by atoms with Gasteiger partial charge in [0, 0.05) is 31.6 Å². The van der Waals surface area contributed by atoms with Gasteiger partial charge >= 0.3 is 0 Å². The second kappa shape index (κ2) is 10.8. The number of amides is 2. The van der Waals surface area contributed by atoms with E-state index in [1.807, 2.05) is 4.90 Å². The molecular weight excluding hydrogens is 344 g/mol. The van der Waals surface area contributed by atoms with Gasteiger partial charge in [0.2, 0.25) is 5.91 Å². The van der Waals surface area contributed by atoms with Crippen LogP contribution < -0.4 is 14.8 Å². The van der Waals surface area contributed by atoms with Crippen LogP contribution in [0, 0.1) is 5.92 Å². The van der Waals surface area contributed by atoms with Crippen molar-refractivity contribution in [3.63, 3.8) is 0 Å². The standard InChI is InChI=1S/C21H32N2O4/c1-16(2)15-27-18-10-9-17(14-19(18)26-3)21(25)22-11-7-13-23-12-6-4-5-8-20(23)24/h9-10,14,16H,4-8,11-13,15H2,1-3H3,(H,22,25). The lowest BCUT2D eigenvalue weighted by Crippen LogP contribution is -2.34. The molecule has 6 heteroatoms. The molecule has 150 valence electrons. The smallest absolute Gasteiger partial charge is 0.251 e. The number of ether oxygens (including phenoxy) is 2. The van der Waals surface area contributed by atoms with Crippen molar-refractivity contribution >= 4 is 11.8 Å². The highest BCUT2D eigenvalue weighted by Gasteiger charge is 2.16. The van der Waals surface area contributed by atoms with Crippen LogP contribution in [0.3, 0.4) is 0 Å². The van der Waals surface area contributed by atoms with E-state index in [1.165, 1.54) is 0 Å². The van der Waals surface area contributed by atoms with Gasteiger partial charge in [-0.3, -0.25) is 9.59 Å². The zero-order chi connectivity index (χ0) is 19.6. The van der Waals surface area contributed by atoms with Crippen LogP contribution in [0.15, 0.2) is 18.2 Å². The quantitative estimate of drug-likeness (QED) is 0.672. The Hall–Kier alpha value is -2.24. The number of rotatable bonds is 9. The van der Waals surface area contributed by atoms with E-state index in [1.54, 1.807) is 25.3 Å². The molecule has 1 aromatic carbocycles. The maximum Gasteiger partial charge on any atom is 0.251 e. The fraction of sp³-hybridized carbons (Fsp3) is 0.619. The zero-order valence-electron chi connectivity index (χ0n) is 16.8. The van der Waals surface area contributed by atoms with Gasteiger partial charge in [0.15, 0.2) is 11.5 Å². The third-order valence-corrected chi connectivity index (χ3v) is 4.56. The van der Waals surface area contributed by atoms with Crippen LogP contribution in [0.25, 0.3) is 0 Å². The zero-order valence-corrected chi connectivity index (χ0v) is 16.8. The highest BCUT2D eigenvalue weighted by atomic mass is 16.5. The van der Waals surface area contributed by atoms with Gasteiger partial charge in [-0.05, 0) is 43.4 Å². The lowest BCUT2D eigenvalue weighted by molar-refractivity contribution is -0.130. The predicted octanol–water partition coefficient (Wildman–Crippen LogP) is 3.25. The minimum absolute atomic E-state index is 0.147.